The molecule has 0 aliphatic rings. The summed E-state index contributed by atoms with van der Waals surface area (Å²) in [6.45, 7) is 3.48. The predicted octanol–water partition coefficient (Wildman–Crippen LogP) is 4.56. The van der Waals surface area contributed by atoms with E-state index in [1.807, 2.05) is 0 Å². The first kappa shape index (κ1) is 16.9. The van der Waals surface area contributed by atoms with Crippen molar-refractivity contribution < 1.29 is 30.7 Å². The normalized spacial score (nSPS) is 14.1. The summed E-state index contributed by atoms with van der Waals surface area (Å²) in [7, 11) is 0. The Morgan fingerprint density at radius 1 is 0.882 bits per heavy atom. The maximum atomic E-state index is 12.7. The highest BCUT2D eigenvalue weighted by molar-refractivity contribution is 7.99. The van der Waals surface area contributed by atoms with Crippen LogP contribution in [0.1, 0.15) is 19.3 Å². The van der Waals surface area contributed by atoms with E-state index in [4.69, 9.17) is 0 Å². The summed E-state index contributed by atoms with van der Waals surface area (Å²) in [4.78, 5) is 0. The SMILES string of the molecule is [CH2]CCCCSCC(F)(F)C(F)(F)C(F)(F)F. The smallest absolute Gasteiger partial charge is 0.199 e. The van der Waals surface area contributed by atoms with Crippen LogP contribution in [0, 0.1) is 6.92 Å². The Hall–Kier alpha value is -0.140. The van der Waals surface area contributed by atoms with Gasteiger partial charge in [-0.15, -0.1) is 0 Å². The zero-order chi connectivity index (χ0) is 13.7. The van der Waals surface area contributed by atoms with Gasteiger partial charge in [0.25, 0.3) is 0 Å². The Morgan fingerprint density at radius 3 is 1.82 bits per heavy atom. The van der Waals surface area contributed by atoms with Gasteiger partial charge >= 0.3 is 18.0 Å². The molecule has 0 N–H and O–H groups in total. The van der Waals surface area contributed by atoms with Gasteiger partial charge in [-0.3, -0.25) is 0 Å². The molecule has 103 valence electrons. The molecule has 0 aliphatic carbocycles. The minimum atomic E-state index is -6.23. The summed E-state index contributed by atoms with van der Waals surface area (Å²) >= 11 is 0.385. The monoisotopic (exact) mass is 285 g/mol. The lowest BCUT2D eigenvalue weighted by atomic mass is 10.2. The van der Waals surface area contributed by atoms with Gasteiger partial charge in [0.2, 0.25) is 0 Å². The van der Waals surface area contributed by atoms with Gasteiger partial charge in [-0.2, -0.15) is 42.5 Å². The van der Waals surface area contributed by atoms with Crippen molar-refractivity contribution in [3.8, 4) is 0 Å². The van der Waals surface area contributed by atoms with E-state index in [0.29, 0.717) is 31.0 Å². The fourth-order valence-corrected chi connectivity index (χ4v) is 1.87. The molecule has 8 heteroatoms. The van der Waals surface area contributed by atoms with E-state index in [9.17, 15) is 30.7 Å². The summed E-state index contributed by atoms with van der Waals surface area (Å²) in [5.41, 5.74) is 0. The van der Waals surface area contributed by atoms with Crippen LogP contribution in [-0.4, -0.2) is 29.5 Å². The summed E-state index contributed by atoms with van der Waals surface area (Å²) in [5, 5.41) is 0. The average Bonchev–Trinajstić information content (AvgIpc) is 2.15. The summed E-state index contributed by atoms with van der Waals surface area (Å²) < 4.78 is 85.3. The van der Waals surface area contributed by atoms with Crippen molar-refractivity contribution in [2.45, 2.75) is 37.3 Å². The molecule has 0 aromatic heterocycles. The van der Waals surface area contributed by atoms with Crippen LogP contribution < -0.4 is 0 Å². The number of rotatable bonds is 7. The van der Waals surface area contributed by atoms with E-state index in [1.165, 1.54) is 0 Å². The van der Waals surface area contributed by atoms with Gasteiger partial charge in [0.1, 0.15) is 0 Å². The van der Waals surface area contributed by atoms with Crippen molar-refractivity contribution in [3.63, 3.8) is 0 Å². The number of thioether (sulfide) groups is 1. The third kappa shape index (κ3) is 4.56. The number of hydrogen-bond donors (Lipinski definition) is 0. The van der Waals surface area contributed by atoms with Gasteiger partial charge in [-0.05, 0) is 12.2 Å². The van der Waals surface area contributed by atoms with Crippen molar-refractivity contribution >= 4 is 11.8 Å². The van der Waals surface area contributed by atoms with Gasteiger partial charge < -0.3 is 0 Å². The van der Waals surface area contributed by atoms with Crippen molar-refractivity contribution in [1.82, 2.24) is 0 Å². The molecule has 0 rings (SSSR count). The molecule has 0 aromatic carbocycles. The van der Waals surface area contributed by atoms with Crippen LogP contribution in [0.4, 0.5) is 30.7 Å². The van der Waals surface area contributed by atoms with Gasteiger partial charge in [0, 0.05) is 0 Å². The van der Waals surface area contributed by atoms with Crippen LogP contribution in [-0.2, 0) is 0 Å². The Balaban J connectivity index is 4.28. The number of alkyl halides is 7. The Bertz CT molecular complexity index is 224. The van der Waals surface area contributed by atoms with E-state index in [-0.39, 0.29) is 5.75 Å². The molecule has 0 aliphatic heterocycles. The number of hydrogen-bond acceptors (Lipinski definition) is 1. The lowest BCUT2D eigenvalue weighted by Crippen LogP contribution is -2.53. The molecule has 0 nitrogen and oxygen atoms in total. The fourth-order valence-electron chi connectivity index (χ4n) is 0.879. The zero-order valence-electron chi connectivity index (χ0n) is 8.80. The molecule has 0 aromatic rings. The van der Waals surface area contributed by atoms with Crippen molar-refractivity contribution in [3.05, 3.63) is 6.92 Å². The van der Waals surface area contributed by atoms with E-state index in [0.717, 1.165) is 0 Å². The predicted molar refractivity (Wildman–Crippen MR) is 52.5 cm³/mol. The first-order valence-corrected chi connectivity index (χ1v) is 5.91. The molecule has 0 saturated carbocycles. The molecular formula is C9H12F7S. The fraction of sp³-hybridized carbons (Fsp3) is 0.889. The van der Waals surface area contributed by atoms with Crippen LogP contribution in [0.2, 0.25) is 0 Å². The molecule has 0 saturated heterocycles. The van der Waals surface area contributed by atoms with Crippen LogP contribution in [0.15, 0.2) is 0 Å². The molecule has 0 spiro atoms. The Kier molecular flexibility index (Phi) is 6.10. The molecule has 0 amide bonds. The zero-order valence-corrected chi connectivity index (χ0v) is 9.61. The van der Waals surface area contributed by atoms with Gasteiger partial charge in [-0.1, -0.05) is 19.8 Å². The summed E-state index contributed by atoms with van der Waals surface area (Å²) in [6, 6.07) is 0. The highest BCUT2D eigenvalue weighted by Crippen LogP contribution is 2.47. The molecule has 17 heavy (non-hydrogen) atoms. The minimum absolute atomic E-state index is 0.110. The largest absolute Gasteiger partial charge is 0.459 e. The van der Waals surface area contributed by atoms with Crippen LogP contribution in [0.5, 0.6) is 0 Å². The highest BCUT2D eigenvalue weighted by Gasteiger charge is 2.72. The van der Waals surface area contributed by atoms with Crippen LogP contribution in [0.25, 0.3) is 0 Å². The highest BCUT2D eigenvalue weighted by atomic mass is 32.2. The lowest BCUT2D eigenvalue weighted by Gasteiger charge is -2.27. The van der Waals surface area contributed by atoms with Gasteiger partial charge in [0.15, 0.2) is 0 Å². The first-order valence-electron chi connectivity index (χ1n) is 4.75. The maximum absolute atomic E-state index is 12.7. The van der Waals surface area contributed by atoms with Gasteiger partial charge in [0.05, 0.1) is 5.75 Å². The summed E-state index contributed by atoms with van der Waals surface area (Å²) in [6.07, 6.45) is -4.59. The molecule has 0 fully saturated rings. The molecular weight excluding hydrogens is 273 g/mol. The second-order valence-electron chi connectivity index (χ2n) is 3.39. The second-order valence-corrected chi connectivity index (χ2v) is 4.50. The molecule has 0 heterocycles. The van der Waals surface area contributed by atoms with E-state index < -0.39 is 23.8 Å². The summed E-state index contributed by atoms with van der Waals surface area (Å²) in [5.74, 6) is -12.5. The second kappa shape index (κ2) is 6.15. The molecule has 0 bridgehead atoms. The van der Waals surface area contributed by atoms with Crippen molar-refractivity contribution in [2.24, 2.45) is 0 Å². The van der Waals surface area contributed by atoms with E-state index in [1.54, 1.807) is 0 Å². The number of halogens is 7. The molecule has 1 radical (unpaired) electrons. The van der Waals surface area contributed by atoms with E-state index in [2.05, 4.69) is 6.92 Å². The quantitative estimate of drug-likeness (QED) is 0.488. The third-order valence-corrected chi connectivity index (χ3v) is 3.03. The minimum Gasteiger partial charge on any atom is -0.199 e. The lowest BCUT2D eigenvalue weighted by molar-refractivity contribution is -0.348. The van der Waals surface area contributed by atoms with Crippen LogP contribution >= 0.6 is 11.8 Å². The topological polar surface area (TPSA) is 0 Å². The first-order chi connectivity index (χ1) is 7.56. The standard InChI is InChI=1S/C9H12F7S/c1-2-3-4-5-17-6-7(10,11)8(12,13)9(14,15)16/h1-6H2. The van der Waals surface area contributed by atoms with Crippen molar-refractivity contribution in [2.75, 3.05) is 11.5 Å². The maximum Gasteiger partial charge on any atom is 0.459 e. The van der Waals surface area contributed by atoms with E-state index >= 15 is 0 Å². The van der Waals surface area contributed by atoms with Crippen molar-refractivity contribution in [1.29, 1.82) is 0 Å². The van der Waals surface area contributed by atoms with Crippen LogP contribution in [0.3, 0.4) is 0 Å². The average molecular weight is 285 g/mol. The molecule has 0 unspecified atom stereocenters. The Morgan fingerprint density at radius 2 is 1.41 bits per heavy atom. The number of unbranched alkanes of at least 4 members (excludes halogenated alkanes) is 2. The molecule has 0 atom stereocenters. The third-order valence-electron chi connectivity index (χ3n) is 1.89. The van der Waals surface area contributed by atoms with Gasteiger partial charge in [-0.25, -0.2) is 0 Å². The Labute approximate surface area is 98.9 Å².